The quantitative estimate of drug-likeness (QED) is 0.778. The molecule has 6 nitrogen and oxygen atoms in total. The van der Waals surface area contributed by atoms with Crippen LogP contribution in [0.5, 0.6) is 0 Å². The van der Waals surface area contributed by atoms with Crippen molar-refractivity contribution in [2.75, 3.05) is 11.1 Å². The maximum atomic E-state index is 11.9. The molecule has 0 radical (unpaired) electrons. The van der Waals surface area contributed by atoms with Crippen molar-refractivity contribution in [1.82, 2.24) is 5.32 Å². The number of halogens is 1. The molecule has 0 bridgehead atoms. The van der Waals surface area contributed by atoms with Gasteiger partial charge in [0.1, 0.15) is 6.04 Å². The Morgan fingerprint density at radius 2 is 2.21 bits per heavy atom. The molecule has 100 valence electrons. The van der Waals surface area contributed by atoms with Crippen molar-refractivity contribution in [3.05, 3.63) is 28.2 Å². The van der Waals surface area contributed by atoms with E-state index in [0.29, 0.717) is 10.2 Å². The Hall–Kier alpha value is -1.54. The second-order valence-electron chi connectivity index (χ2n) is 3.78. The van der Waals surface area contributed by atoms with E-state index in [9.17, 15) is 14.4 Å². The zero-order valence-corrected chi connectivity index (χ0v) is 11.9. The van der Waals surface area contributed by atoms with Crippen LogP contribution in [-0.4, -0.2) is 34.0 Å². The van der Waals surface area contributed by atoms with Gasteiger partial charge in [-0.25, -0.2) is 4.79 Å². The van der Waals surface area contributed by atoms with Crippen molar-refractivity contribution < 1.29 is 19.5 Å². The van der Waals surface area contributed by atoms with Crippen LogP contribution in [0.25, 0.3) is 0 Å². The van der Waals surface area contributed by atoms with Crippen LogP contribution in [0.1, 0.15) is 10.4 Å². The van der Waals surface area contributed by atoms with Crippen LogP contribution in [0.15, 0.2) is 22.7 Å². The largest absolute Gasteiger partial charge is 0.478 e. The fraction of sp³-hybridized carbons (Fsp3) is 0.182. The third kappa shape index (κ3) is 3.27. The topological polar surface area (TPSA) is 95.5 Å². The Kier molecular flexibility index (Phi) is 4.11. The van der Waals surface area contributed by atoms with Crippen LogP contribution in [-0.2, 0) is 4.79 Å². The Bertz CT molecular complexity index is 564. The molecule has 1 aromatic rings. The molecule has 1 aliphatic heterocycles. The lowest BCUT2D eigenvalue weighted by Crippen LogP contribution is -2.38. The lowest BCUT2D eigenvalue weighted by Gasteiger charge is -2.12. The van der Waals surface area contributed by atoms with E-state index >= 15 is 0 Å². The van der Waals surface area contributed by atoms with E-state index in [0.717, 1.165) is 11.8 Å². The van der Waals surface area contributed by atoms with Gasteiger partial charge in [-0.05, 0) is 18.2 Å². The van der Waals surface area contributed by atoms with Crippen molar-refractivity contribution >= 4 is 50.5 Å². The molecule has 0 aromatic heterocycles. The number of carbonyl (C=O) groups is 3. The normalized spacial score (nSPS) is 17.9. The molecule has 1 saturated heterocycles. The van der Waals surface area contributed by atoms with Crippen LogP contribution >= 0.6 is 27.7 Å². The maximum Gasteiger partial charge on any atom is 0.337 e. The molecule has 1 atom stereocenters. The summed E-state index contributed by atoms with van der Waals surface area (Å²) in [7, 11) is 0. The molecular formula is C11H9BrN2O4S. The van der Waals surface area contributed by atoms with E-state index in [1.807, 2.05) is 0 Å². The number of carbonyl (C=O) groups excluding carboxylic acids is 2. The minimum Gasteiger partial charge on any atom is -0.478 e. The van der Waals surface area contributed by atoms with Gasteiger partial charge in [0.2, 0.25) is 5.91 Å². The summed E-state index contributed by atoms with van der Waals surface area (Å²) in [5, 5.41) is 13.8. The number of carboxylic acids is 1. The molecule has 0 spiro atoms. The van der Waals surface area contributed by atoms with E-state index < -0.39 is 17.9 Å². The van der Waals surface area contributed by atoms with Gasteiger partial charge in [-0.2, -0.15) is 0 Å². The molecule has 8 heteroatoms. The molecule has 0 saturated carbocycles. The van der Waals surface area contributed by atoms with Gasteiger partial charge in [-0.15, -0.1) is 0 Å². The monoisotopic (exact) mass is 344 g/mol. The second kappa shape index (κ2) is 5.62. The van der Waals surface area contributed by atoms with Crippen molar-refractivity contribution in [2.45, 2.75) is 6.04 Å². The summed E-state index contributed by atoms with van der Waals surface area (Å²) in [5.74, 6) is -1.23. The number of anilines is 1. The molecular weight excluding hydrogens is 336 g/mol. The van der Waals surface area contributed by atoms with E-state index in [1.54, 1.807) is 6.07 Å². The lowest BCUT2D eigenvalue weighted by atomic mass is 10.1. The number of rotatable bonds is 3. The summed E-state index contributed by atoms with van der Waals surface area (Å²) >= 11 is 4.23. The van der Waals surface area contributed by atoms with Crippen molar-refractivity contribution in [3.63, 3.8) is 0 Å². The standard InChI is InChI=1S/C11H9BrN2O4S/c12-5-1-2-6(10(16)17)7(3-5)13-9(15)8-4-19-11(18)14-8/h1-3,8H,4H2,(H,13,15)(H,14,18)(H,16,17). The van der Waals surface area contributed by atoms with Crippen molar-refractivity contribution in [3.8, 4) is 0 Å². The number of thioether (sulfide) groups is 1. The zero-order chi connectivity index (χ0) is 14.0. The van der Waals surface area contributed by atoms with Crippen LogP contribution in [0.3, 0.4) is 0 Å². The van der Waals surface area contributed by atoms with Gasteiger partial charge in [0, 0.05) is 10.2 Å². The van der Waals surface area contributed by atoms with Crippen LogP contribution in [0, 0.1) is 0 Å². The van der Waals surface area contributed by atoms with Crippen LogP contribution in [0.4, 0.5) is 10.5 Å². The van der Waals surface area contributed by atoms with Gasteiger partial charge in [0.25, 0.3) is 5.24 Å². The number of aromatic carboxylic acids is 1. The first-order valence-corrected chi connectivity index (χ1v) is 7.02. The SMILES string of the molecule is O=C1NC(C(=O)Nc2cc(Br)ccc2C(=O)O)CS1. The number of carboxylic acid groups (broad SMARTS) is 1. The van der Waals surface area contributed by atoms with Crippen LogP contribution in [0.2, 0.25) is 0 Å². The third-order valence-electron chi connectivity index (χ3n) is 2.46. The molecule has 1 unspecified atom stereocenters. The number of hydrogen-bond donors (Lipinski definition) is 3. The van der Waals surface area contributed by atoms with Gasteiger partial charge >= 0.3 is 5.97 Å². The van der Waals surface area contributed by atoms with E-state index in [2.05, 4.69) is 26.6 Å². The molecule has 2 amide bonds. The van der Waals surface area contributed by atoms with Crippen molar-refractivity contribution in [1.29, 1.82) is 0 Å². The maximum absolute atomic E-state index is 11.9. The second-order valence-corrected chi connectivity index (χ2v) is 5.69. The minimum absolute atomic E-state index is 0.00599. The summed E-state index contributed by atoms with van der Waals surface area (Å²) in [4.78, 5) is 34.0. The van der Waals surface area contributed by atoms with Gasteiger partial charge in [0.05, 0.1) is 11.3 Å². The van der Waals surface area contributed by atoms with Gasteiger partial charge < -0.3 is 15.7 Å². The first-order chi connectivity index (χ1) is 8.97. The van der Waals surface area contributed by atoms with Gasteiger partial charge in [-0.1, -0.05) is 27.7 Å². The van der Waals surface area contributed by atoms with E-state index in [4.69, 9.17) is 5.11 Å². The molecule has 0 aliphatic carbocycles. The Morgan fingerprint density at radius 3 is 2.79 bits per heavy atom. The minimum atomic E-state index is -1.13. The summed E-state index contributed by atoms with van der Waals surface area (Å²) in [6, 6.07) is 3.83. The number of hydrogen-bond acceptors (Lipinski definition) is 4. The molecule has 1 heterocycles. The van der Waals surface area contributed by atoms with Crippen molar-refractivity contribution in [2.24, 2.45) is 0 Å². The average molecular weight is 345 g/mol. The molecule has 19 heavy (non-hydrogen) atoms. The fourth-order valence-electron chi connectivity index (χ4n) is 1.55. The predicted molar refractivity (Wildman–Crippen MR) is 74.5 cm³/mol. The molecule has 1 aliphatic rings. The zero-order valence-electron chi connectivity index (χ0n) is 9.47. The Morgan fingerprint density at radius 1 is 1.47 bits per heavy atom. The highest BCUT2D eigenvalue weighted by atomic mass is 79.9. The van der Waals surface area contributed by atoms with E-state index in [-0.39, 0.29) is 16.5 Å². The smallest absolute Gasteiger partial charge is 0.337 e. The van der Waals surface area contributed by atoms with Crippen LogP contribution < -0.4 is 10.6 Å². The lowest BCUT2D eigenvalue weighted by molar-refractivity contribution is -0.117. The van der Waals surface area contributed by atoms with Gasteiger partial charge in [-0.3, -0.25) is 9.59 Å². The van der Waals surface area contributed by atoms with E-state index in [1.165, 1.54) is 12.1 Å². The predicted octanol–water partition coefficient (Wildman–Crippen LogP) is 1.91. The number of benzene rings is 1. The highest BCUT2D eigenvalue weighted by Crippen LogP contribution is 2.22. The summed E-state index contributed by atoms with van der Waals surface area (Å²) in [5.41, 5.74) is 0.187. The third-order valence-corrected chi connectivity index (χ3v) is 3.83. The molecule has 1 fully saturated rings. The molecule has 1 aromatic carbocycles. The first-order valence-electron chi connectivity index (χ1n) is 5.24. The average Bonchev–Trinajstić information content (AvgIpc) is 2.75. The first kappa shape index (κ1) is 13.9. The molecule has 3 N–H and O–H groups in total. The number of amides is 2. The van der Waals surface area contributed by atoms with Gasteiger partial charge in [0.15, 0.2) is 0 Å². The summed E-state index contributed by atoms with van der Waals surface area (Å²) in [6.45, 7) is 0. The Balaban J connectivity index is 2.18. The summed E-state index contributed by atoms with van der Waals surface area (Å²) < 4.78 is 0.651. The Labute approximate surface area is 121 Å². The molecule has 2 rings (SSSR count). The highest BCUT2D eigenvalue weighted by molar-refractivity contribution is 9.10. The summed E-state index contributed by atoms with van der Waals surface area (Å²) in [6.07, 6.45) is 0. The highest BCUT2D eigenvalue weighted by Gasteiger charge is 2.28. The number of nitrogens with one attached hydrogen (secondary N) is 2. The fourth-order valence-corrected chi connectivity index (χ4v) is 2.69.